The van der Waals surface area contributed by atoms with Crippen LogP contribution >= 0.6 is 0 Å². The molecule has 3 rings (SSSR count). The zero-order valence-corrected chi connectivity index (χ0v) is 9.43. The molecule has 0 aromatic rings. The Morgan fingerprint density at radius 3 is 2.25 bits per heavy atom. The summed E-state index contributed by atoms with van der Waals surface area (Å²) in [5.74, 6) is 0.649. The molecule has 85 valence electrons. The van der Waals surface area contributed by atoms with Crippen molar-refractivity contribution in [1.82, 2.24) is 4.90 Å². The second-order valence-corrected chi connectivity index (χ2v) is 5.41. The minimum atomic E-state index is -0.131. The molecule has 0 spiro atoms. The second kappa shape index (κ2) is 3.33. The van der Waals surface area contributed by atoms with E-state index in [1.807, 2.05) is 6.92 Å². The summed E-state index contributed by atoms with van der Waals surface area (Å²) in [4.78, 5) is 25.7. The van der Waals surface area contributed by atoms with Crippen LogP contribution in [-0.2, 0) is 9.59 Å². The molecule has 3 fully saturated rings. The number of hydrogen-bond acceptors (Lipinski definition) is 3. The minimum Gasteiger partial charge on any atom is -0.326 e. The molecule has 3 saturated heterocycles. The van der Waals surface area contributed by atoms with Gasteiger partial charge in [0.15, 0.2) is 0 Å². The number of fused-ring (bicyclic) bond motifs is 5. The molecule has 0 aromatic heterocycles. The van der Waals surface area contributed by atoms with E-state index in [1.54, 1.807) is 0 Å². The van der Waals surface area contributed by atoms with E-state index in [4.69, 9.17) is 5.73 Å². The average molecular weight is 219 g/mol. The molecule has 5 heteroatoms. The monoisotopic (exact) mass is 219 g/mol. The van der Waals surface area contributed by atoms with Crippen LogP contribution < -0.4 is 5.73 Å². The highest BCUT2D eigenvalue weighted by atomic mass is 16.2. The number of carbonyl (C=O) groups excluding carboxylic acids is 2. The summed E-state index contributed by atoms with van der Waals surface area (Å²) in [7, 11) is 2.23. The van der Waals surface area contributed by atoms with E-state index >= 15 is 0 Å². The summed E-state index contributed by atoms with van der Waals surface area (Å²) in [5, 5.41) is 0. The average Bonchev–Trinajstić information content (AvgIpc) is 2.87. The van der Waals surface area contributed by atoms with Crippen LogP contribution in [-0.4, -0.2) is 36.6 Å². The second-order valence-electron chi connectivity index (χ2n) is 5.41. The topological polar surface area (TPSA) is 63.4 Å². The van der Waals surface area contributed by atoms with Crippen LogP contribution in [0.15, 0.2) is 0 Å². The highest BCUT2D eigenvalue weighted by Crippen LogP contribution is 2.58. The molecule has 1 radical (unpaired) electrons. The van der Waals surface area contributed by atoms with Gasteiger partial charge in [0.1, 0.15) is 7.28 Å². The Morgan fingerprint density at radius 1 is 1.31 bits per heavy atom. The zero-order chi connectivity index (χ0) is 11.4. The number of likely N-dealkylation sites (tertiary alicyclic amines) is 1. The van der Waals surface area contributed by atoms with Crippen molar-refractivity contribution in [3.8, 4) is 0 Å². The fraction of sp³-hybridized carbons (Fsp3) is 0.818. The summed E-state index contributed by atoms with van der Waals surface area (Å²) in [6.07, 6.45) is 2.16. The molecule has 3 aliphatic heterocycles. The summed E-state index contributed by atoms with van der Waals surface area (Å²) in [6, 6.07) is -0.131. The van der Waals surface area contributed by atoms with Gasteiger partial charge in [-0.2, -0.15) is 0 Å². The van der Waals surface area contributed by atoms with Crippen LogP contribution in [0, 0.1) is 11.8 Å². The van der Waals surface area contributed by atoms with E-state index in [-0.39, 0.29) is 29.7 Å². The molecule has 3 heterocycles. The molecule has 3 aliphatic rings. The molecule has 2 bridgehead atoms. The Morgan fingerprint density at radius 2 is 1.81 bits per heavy atom. The van der Waals surface area contributed by atoms with Gasteiger partial charge < -0.3 is 5.73 Å². The molecule has 16 heavy (non-hydrogen) atoms. The lowest BCUT2D eigenvalue weighted by Crippen LogP contribution is -2.40. The van der Waals surface area contributed by atoms with E-state index in [2.05, 4.69) is 7.28 Å². The quantitative estimate of drug-likeness (QED) is 0.526. The first-order valence-electron chi connectivity index (χ1n) is 6.05. The van der Waals surface area contributed by atoms with Crippen molar-refractivity contribution in [3.63, 3.8) is 0 Å². The van der Waals surface area contributed by atoms with Crippen LogP contribution in [0.25, 0.3) is 0 Å². The third kappa shape index (κ3) is 1.21. The van der Waals surface area contributed by atoms with Crippen molar-refractivity contribution >= 4 is 19.1 Å². The Balaban J connectivity index is 1.86. The summed E-state index contributed by atoms with van der Waals surface area (Å²) in [5.41, 5.74) is 5.68. The Labute approximate surface area is 95.8 Å². The lowest BCUT2D eigenvalue weighted by Gasteiger charge is -2.20. The number of rotatable bonds is 2. The first-order chi connectivity index (χ1) is 7.59. The molecule has 4 nitrogen and oxygen atoms in total. The highest BCUT2D eigenvalue weighted by molar-refractivity contribution is 6.45. The van der Waals surface area contributed by atoms with Gasteiger partial charge in [0, 0.05) is 24.4 Å². The first-order valence-corrected chi connectivity index (χ1v) is 6.05. The molecule has 2 amide bonds. The Bertz CT molecular complexity index is 330. The smallest absolute Gasteiger partial charge is 0.232 e. The number of carbonyl (C=O) groups is 2. The molecular formula is C11H16BN2O2. The number of hydrogen-bond donors (Lipinski definition) is 1. The van der Waals surface area contributed by atoms with Crippen molar-refractivity contribution in [2.75, 3.05) is 6.54 Å². The van der Waals surface area contributed by atoms with Crippen molar-refractivity contribution in [1.29, 1.82) is 0 Å². The fourth-order valence-electron chi connectivity index (χ4n) is 3.64. The van der Waals surface area contributed by atoms with Gasteiger partial charge in [0.2, 0.25) is 11.8 Å². The lowest BCUT2D eigenvalue weighted by molar-refractivity contribution is -0.140. The maximum atomic E-state index is 12.2. The van der Waals surface area contributed by atoms with Crippen LogP contribution in [0.5, 0.6) is 0 Å². The molecule has 5 atom stereocenters. The van der Waals surface area contributed by atoms with Gasteiger partial charge in [-0.1, -0.05) is 24.5 Å². The number of nitrogens with zero attached hydrogens (tertiary/aromatic N) is 1. The molecule has 0 aliphatic carbocycles. The lowest BCUT2D eigenvalue weighted by atomic mass is 9.64. The van der Waals surface area contributed by atoms with Crippen LogP contribution in [0.2, 0.25) is 11.6 Å². The number of imide groups is 1. The Kier molecular flexibility index (Phi) is 2.15. The maximum absolute atomic E-state index is 12.2. The van der Waals surface area contributed by atoms with E-state index < -0.39 is 0 Å². The third-order valence-corrected chi connectivity index (χ3v) is 4.21. The van der Waals surface area contributed by atoms with Crippen molar-refractivity contribution < 1.29 is 9.59 Å². The minimum absolute atomic E-state index is 0.0238. The van der Waals surface area contributed by atoms with Gasteiger partial charge in [-0.05, 0) is 6.92 Å². The van der Waals surface area contributed by atoms with Crippen LogP contribution in [0.3, 0.4) is 0 Å². The van der Waals surface area contributed by atoms with Gasteiger partial charge >= 0.3 is 0 Å². The van der Waals surface area contributed by atoms with E-state index in [0.717, 1.165) is 12.8 Å². The highest BCUT2D eigenvalue weighted by Gasteiger charge is 2.60. The van der Waals surface area contributed by atoms with Gasteiger partial charge in [-0.25, -0.2) is 0 Å². The van der Waals surface area contributed by atoms with E-state index in [9.17, 15) is 9.59 Å². The van der Waals surface area contributed by atoms with Gasteiger partial charge in [0.05, 0.1) is 0 Å². The maximum Gasteiger partial charge on any atom is 0.232 e. The molecule has 0 aromatic carbocycles. The van der Waals surface area contributed by atoms with Crippen molar-refractivity contribution in [2.24, 2.45) is 17.6 Å². The summed E-state index contributed by atoms with van der Waals surface area (Å²) in [6.45, 7) is 2.21. The fourth-order valence-corrected chi connectivity index (χ4v) is 3.64. The van der Waals surface area contributed by atoms with Crippen molar-refractivity contribution in [3.05, 3.63) is 0 Å². The van der Waals surface area contributed by atoms with Crippen LogP contribution in [0.4, 0.5) is 0 Å². The SMILES string of the molecule is C[C@@H](N)CN1C(=O)C2C3[B]C(CC3)C2C1=O. The third-order valence-electron chi connectivity index (χ3n) is 4.21. The normalized spacial score (nSPS) is 42.5. The standard InChI is InChI=1S/C11H16BN2O2/c1-5(13)4-14-10(15)8-6-2-3-7(12-6)9(8)11(14)16/h5-9H,2-4,13H2,1H3/t5-,6?,7?,8?,9?/m1/s1. The first kappa shape index (κ1) is 10.3. The van der Waals surface area contributed by atoms with E-state index in [1.165, 1.54) is 4.90 Å². The predicted octanol–water partition coefficient (Wildman–Crippen LogP) is 0.0234. The van der Waals surface area contributed by atoms with Gasteiger partial charge in [-0.15, -0.1) is 0 Å². The predicted molar refractivity (Wildman–Crippen MR) is 59.8 cm³/mol. The summed E-state index contributed by atoms with van der Waals surface area (Å²) >= 11 is 0. The molecule has 0 saturated carbocycles. The molecule has 4 unspecified atom stereocenters. The molecule has 2 N–H and O–H groups in total. The summed E-state index contributed by atoms with van der Waals surface area (Å²) < 4.78 is 0. The van der Waals surface area contributed by atoms with E-state index in [0.29, 0.717) is 18.2 Å². The number of amides is 2. The Hall–Kier alpha value is -0.835. The van der Waals surface area contributed by atoms with Gasteiger partial charge in [-0.3, -0.25) is 14.5 Å². The number of nitrogens with two attached hydrogens (primary N) is 1. The van der Waals surface area contributed by atoms with Crippen molar-refractivity contribution in [2.45, 2.75) is 37.4 Å². The van der Waals surface area contributed by atoms with Gasteiger partial charge in [0.25, 0.3) is 0 Å². The largest absolute Gasteiger partial charge is 0.326 e. The van der Waals surface area contributed by atoms with Crippen LogP contribution in [0.1, 0.15) is 19.8 Å². The molecular weight excluding hydrogens is 203 g/mol. The zero-order valence-electron chi connectivity index (χ0n) is 9.43.